The van der Waals surface area contributed by atoms with E-state index in [0.717, 1.165) is 17.3 Å². The summed E-state index contributed by atoms with van der Waals surface area (Å²) in [4.78, 5) is 22.2. The number of halogens is 1. The van der Waals surface area contributed by atoms with Crippen LogP contribution in [0.2, 0.25) is 0 Å². The summed E-state index contributed by atoms with van der Waals surface area (Å²) in [6.07, 6.45) is 2.07. The van der Waals surface area contributed by atoms with Crippen LogP contribution in [-0.2, 0) is 4.79 Å². The van der Waals surface area contributed by atoms with Crippen molar-refractivity contribution >= 4 is 33.5 Å². The number of nitrogens with two attached hydrogens (primary N) is 1. The number of carbonyl (C=O) groups excluding carboxylic acids is 1. The molecule has 1 atom stereocenters. The minimum absolute atomic E-state index is 0.0371. The van der Waals surface area contributed by atoms with Crippen molar-refractivity contribution in [1.82, 2.24) is 0 Å². The third kappa shape index (κ3) is 3.70. The molecule has 0 heterocycles. The molecule has 6 heteroatoms. The van der Waals surface area contributed by atoms with Gasteiger partial charge in [-0.3, -0.25) is 9.59 Å². The van der Waals surface area contributed by atoms with E-state index >= 15 is 0 Å². The number of carboxylic acids is 1. The van der Waals surface area contributed by atoms with Crippen molar-refractivity contribution in [2.24, 2.45) is 11.7 Å². The van der Waals surface area contributed by atoms with Gasteiger partial charge in [0.25, 0.3) is 5.91 Å². The Morgan fingerprint density at radius 1 is 1.47 bits per heavy atom. The van der Waals surface area contributed by atoms with Gasteiger partial charge in [0.05, 0.1) is 12.0 Å². The van der Waals surface area contributed by atoms with Crippen molar-refractivity contribution in [2.45, 2.75) is 25.3 Å². The van der Waals surface area contributed by atoms with Crippen LogP contribution in [0.1, 0.15) is 29.6 Å². The van der Waals surface area contributed by atoms with Gasteiger partial charge >= 0.3 is 5.97 Å². The van der Waals surface area contributed by atoms with Gasteiger partial charge in [0.15, 0.2) is 0 Å². The molecule has 0 spiro atoms. The lowest BCUT2D eigenvalue weighted by Crippen LogP contribution is -2.27. The summed E-state index contributed by atoms with van der Waals surface area (Å²) in [6, 6.07) is 4.94. The molecular weight excluding hydrogens is 312 g/mol. The smallest absolute Gasteiger partial charge is 0.305 e. The third-order valence-electron chi connectivity index (χ3n) is 3.17. The summed E-state index contributed by atoms with van der Waals surface area (Å²) in [5, 5.41) is 12.1. The van der Waals surface area contributed by atoms with E-state index in [1.165, 1.54) is 0 Å². The average molecular weight is 327 g/mol. The molecule has 0 radical (unpaired) electrons. The fraction of sp³-hybridized carbons (Fsp3) is 0.385. The molecule has 1 unspecified atom stereocenters. The highest BCUT2D eigenvalue weighted by atomic mass is 79.9. The Hall–Kier alpha value is -1.56. The Balaban J connectivity index is 2.22. The summed E-state index contributed by atoms with van der Waals surface area (Å²) >= 11 is 3.33. The zero-order valence-corrected chi connectivity index (χ0v) is 11.8. The van der Waals surface area contributed by atoms with Gasteiger partial charge in [-0.05, 0) is 37.0 Å². The van der Waals surface area contributed by atoms with Crippen LogP contribution in [0, 0.1) is 5.92 Å². The Labute approximate surface area is 119 Å². The predicted molar refractivity (Wildman–Crippen MR) is 75.0 cm³/mol. The van der Waals surface area contributed by atoms with E-state index in [-0.39, 0.29) is 12.5 Å². The van der Waals surface area contributed by atoms with Gasteiger partial charge in [-0.25, -0.2) is 0 Å². The van der Waals surface area contributed by atoms with Crippen LogP contribution < -0.4 is 11.1 Å². The second kappa shape index (κ2) is 5.61. The number of hydrogen-bond acceptors (Lipinski definition) is 3. The first-order valence-electron chi connectivity index (χ1n) is 6.05. The first-order chi connectivity index (χ1) is 8.97. The van der Waals surface area contributed by atoms with Crippen LogP contribution in [0.15, 0.2) is 22.7 Å². The molecule has 2 rings (SSSR count). The number of nitrogens with one attached hydrogen (secondary N) is 1. The van der Waals surface area contributed by atoms with Crippen LogP contribution >= 0.6 is 15.9 Å². The summed E-state index contributed by atoms with van der Waals surface area (Å²) in [6.45, 7) is 0. The number of anilines is 1. The fourth-order valence-electron chi connectivity index (χ4n) is 2.07. The molecule has 0 bridgehead atoms. The summed E-state index contributed by atoms with van der Waals surface area (Å²) in [5.41, 5.74) is 6.28. The van der Waals surface area contributed by atoms with Gasteiger partial charge in [-0.15, -0.1) is 0 Å². The zero-order valence-electron chi connectivity index (χ0n) is 10.2. The van der Waals surface area contributed by atoms with Gasteiger partial charge in [0, 0.05) is 16.2 Å². The van der Waals surface area contributed by atoms with Crippen molar-refractivity contribution in [1.29, 1.82) is 0 Å². The number of amides is 1. The molecule has 1 fully saturated rings. The molecular formula is C13H15BrN2O3. The van der Waals surface area contributed by atoms with E-state index in [1.54, 1.807) is 18.2 Å². The highest BCUT2D eigenvalue weighted by Gasteiger charge is 2.33. The Morgan fingerprint density at radius 3 is 2.68 bits per heavy atom. The van der Waals surface area contributed by atoms with Crippen molar-refractivity contribution in [2.75, 3.05) is 5.32 Å². The lowest BCUT2D eigenvalue weighted by molar-refractivity contribution is -0.137. The molecule has 0 saturated heterocycles. The van der Waals surface area contributed by atoms with Crippen molar-refractivity contribution in [3.8, 4) is 0 Å². The van der Waals surface area contributed by atoms with E-state index in [1.807, 2.05) is 0 Å². The molecule has 4 N–H and O–H groups in total. The van der Waals surface area contributed by atoms with Gasteiger partial charge < -0.3 is 16.2 Å². The van der Waals surface area contributed by atoms with Crippen molar-refractivity contribution in [3.63, 3.8) is 0 Å². The van der Waals surface area contributed by atoms with Crippen LogP contribution in [-0.4, -0.2) is 23.0 Å². The minimum Gasteiger partial charge on any atom is -0.481 e. The fourth-order valence-corrected chi connectivity index (χ4v) is 2.43. The largest absolute Gasteiger partial charge is 0.481 e. The van der Waals surface area contributed by atoms with Gasteiger partial charge in [0.1, 0.15) is 0 Å². The number of carbonyl (C=O) groups is 2. The van der Waals surface area contributed by atoms with Crippen molar-refractivity contribution < 1.29 is 14.7 Å². The number of aliphatic carboxylic acids is 1. The molecule has 1 aliphatic rings. The molecule has 0 aliphatic heterocycles. The molecule has 5 nitrogen and oxygen atoms in total. The average Bonchev–Trinajstić information content (AvgIpc) is 3.10. The monoisotopic (exact) mass is 326 g/mol. The van der Waals surface area contributed by atoms with Crippen LogP contribution in [0.4, 0.5) is 5.69 Å². The maximum absolute atomic E-state index is 11.4. The SMILES string of the molecule is NC(=O)c1ccc(Br)cc1NC(CC(=O)O)C1CC1. The lowest BCUT2D eigenvalue weighted by Gasteiger charge is -2.19. The van der Waals surface area contributed by atoms with Crippen LogP contribution in [0.25, 0.3) is 0 Å². The number of carboxylic acid groups (broad SMARTS) is 1. The van der Waals surface area contributed by atoms with E-state index in [0.29, 0.717) is 17.2 Å². The Morgan fingerprint density at radius 2 is 2.16 bits per heavy atom. The topological polar surface area (TPSA) is 92.4 Å². The number of benzene rings is 1. The molecule has 1 amide bonds. The number of hydrogen-bond donors (Lipinski definition) is 3. The maximum atomic E-state index is 11.4. The van der Waals surface area contributed by atoms with Gasteiger partial charge in [-0.1, -0.05) is 15.9 Å². The van der Waals surface area contributed by atoms with Crippen molar-refractivity contribution in [3.05, 3.63) is 28.2 Å². The van der Waals surface area contributed by atoms with E-state index in [9.17, 15) is 9.59 Å². The summed E-state index contributed by atoms with van der Waals surface area (Å²) < 4.78 is 0.810. The highest BCUT2D eigenvalue weighted by molar-refractivity contribution is 9.10. The summed E-state index contributed by atoms with van der Waals surface area (Å²) in [5.74, 6) is -1.02. The standard InChI is InChI=1S/C13H15BrN2O3/c14-8-3-4-9(13(15)19)11(5-8)16-10(6-12(17)18)7-1-2-7/h3-5,7,10,16H,1-2,6H2,(H2,15,19)(H,17,18). The van der Waals surface area contributed by atoms with E-state index < -0.39 is 11.9 Å². The maximum Gasteiger partial charge on any atom is 0.305 e. The van der Waals surface area contributed by atoms with E-state index in [4.69, 9.17) is 10.8 Å². The predicted octanol–water partition coefficient (Wildman–Crippen LogP) is 2.21. The normalized spacial score (nSPS) is 15.8. The molecule has 102 valence electrons. The number of primary amides is 1. The highest BCUT2D eigenvalue weighted by Crippen LogP contribution is 2.36. The molecule has 0 aromatic heterocycles. The van der Waals surface area contributed by atoms with Gasteiger partial charge in [0.2, 0.25) is 0 Å². The minimum atomic E-state index is -0.847. The molecule has 1 aromatic rings. The van der Waals surface area contributed by atoms with E-state index in [2.05, 4.69) is 21.2 Å². The first-order valence-corrected chi connectivity index (χ1v) is 6.84. The molecule has 19 heavy (non-hydrogen) atoms. The second-order valence-electron chi connectivity index (χ2n) is 4.74. The molecule has 1 aliphatic carbocycles. The first kappa shape index (κ1) is 13.9. The van der Waals surface area contributed by atoms with Crippen LogP contribution in [0.3, 0.4) is 0 Å². The Kier molecular flexibility index (Phi) is 4.09. The van der Waals surface area contributed by atoms with Crippen LogP contribution in [0.5, 0.6) is 0 Å². The number of rotatable bonds is 6. The molecule has 1 aromatic carbocycles. The zero-order chi connectivity index (χ0) is 14.0. The Bertz CT molecular complexity index is 515. The van der Waals surface area contributed by atoms with Gasteiger partial charge in [-0.2, -0.15) is 0 Å². The molecule has 1 saturated carbocycles. The summed E-state index contributed by atoms with van der Waals surface area (Å²) in [7, 11) is 0. The lowest BCUT2D eigenvalue weighted by atomic mass is 10.1. The second-order valence-corrected chi connectivity index (χ2v) is 5.66. The quantitative estimate of drug-likeness (QED) is 0.747. The third-order valence-corrected chi connectivity index (χ3v) is 3.67.